The maximum atomic E-state index is 12.6. The van der Waals surface area contributed by atoms with Crippen LogP contribution in [0.3, 0.4) is 0 Å². The van der Waals surface area contributed by atoms with Crippen LogP contribution in [0.5, 0.6) is 0 Å². The summed E-state index contributed by atoms with van der Waals surface area (Å²) in [5.41, 5.74) is 7.56. The molecule has 4 nitrogen and oxygen atoms in total. The molecule has 1 aliphatic heterocycles. The zero-order valence-electron chi connectivity index (χ0n) is 11.4. The number of aromatic nitrogens is 1. The molecule has 1 aromatic heterocycles. The van der Waals surface area contributed by atoms with E-state index < -0.39 is 0 Å². The van der Waals surface area contributed by atoms with E-state index in [-0.39, 0.29) is 5.91 Å². The predicted molar refractivity (Wildman–Crippen MR) is 72.5 cm³/mol. The lowest BCUT2D eigenvalue weighted by Crippen LogP contribution is -2.45. The lowest BCUT2D eigenvalue weighted by Gasteiger charge is -2.35. The van der Waals surface area contributed by atoms with Crippen molar-refractivity contribution in [2.24, 2.45) is 12.8 Å². The molecular formula is C14H23N3O. The monoisotopic (exact) mass is 249 g/mol. The minimum Gasteiger partial charge on any atom is -0.344 e. The molecule has 0 saturated carbocycles. The third kappa shape index (κ3) is 2.43. The van der Waals surface area contributed by atoms with Gasteiger partial charge in [-0.1, -0.05) is 0 Å². The van der Waals surface area contributed by atoms with Gasteiger partial charge in [0.1, 0.15) is 5.69 Å². The number of piperidine rings is 1. The number of carbonyl (C=O) groups excluding carboxylic acids is 1. The van der Waals surface area contributed by atoms with Gasteiger partial charge in [0, 0.05) is 25.3 Å². The van der Waals surface area contributed by atoms with E-state index in [9.17, 15) is 4.79 Å². The van der Waals surface area contributed by atoms with Crippen molar-refractivity contribution in [1.82, 2.24) is 9.47 Å². The highest BCUT2D eigenvalue weighted by Gasteiger charge is 2.28. The Morgan fingerprint density at radius 3 is 2.83 bits per heavy atom. The van der Waals surface area contributed by atoms with Crippen LogP contribution in [0.4, 0.5) is 0 Å². The van der Waals surface area contributed by atoms with Gasteiger partial charge in [-0.2, -0.15) is 0 Å². The highest BCUT2D eigenvalue weighted by atomic mass is 16.2. The first-order valence-electron chi connectivity index (χ1n) is 6.78. The van der Waals surface area contributed by atoms with Crippen LogP contribution in [-0.4, -0.2) is 34.5 Å². The van der Waals surface area contributed by atoms with Crippen LogP contribution >= 0.6 is 0 Å². The first-order chi connectivity index (χ1) is 8.65. The summed E-state index contributed by atoms with van der Waals surface area (Å²) in [5, 5.41) is 0. The summed E-state index contributed by atoms with van der Waals surface area (Å²) in [7, 11) is 1.95. The summed E-state index contributed by atoms with van der Waals surface area (Å²) in [5.74, 6) is 0.156. The van der Waals surface area contributed by atoms with Gasteiger partial charge in [-0.25, -0.2) is 0 Å². The summed E-state index contributed by atoms with van der Waals surface area (Å²) in [4.78, 5) is 14.6. The number of rotatable bonds is 3. The van der Waals surface area contributed by atoms with Gasteiger partial charge in [-0.3, -0.25) is 4.79 Å². The van der Waals surface area contributed by atoms with Gasteiger partial charge >= 0.3 is 0 Å². The molecule has 1 aliphatic rings. The molecule has 100 valence electrons. The number of nitrogens with zero attached hydrogens (tertiary/aromatic N) is 2. The summed E-state index contributed by atoms with van der Waals surface area (Å²) >= 11 is 0. The number of hydrogen-bond acceptors (Lipinski definition) is 2. The average Bonchev–Trinajstić information content (AvgIpc) is 2.70. The zero-order valence-corrected chi connectivity index (χ0v) is 11.4. The number of likely N-dealkylation sites (tertiary alicyclic amines) is 1. The van der Waals surface area contributed by atoms with E-state index in [1.54, 1.807) is 0 Å². The van der Waals surface area contributed by atoms with Gasteiger partial charge in [-0.15, -0.1) is 0 Å². The van der Waals surface area contributed by atoms with Crippen LogP contribution in [0.15, 0.2) is 12.1 Å². The molecule has 1 aromatic rings. The van der Waals surface area contributed by atoms with Crippen LogP contribution in [-0.2, 0) is 7.05 Å². The van der Waals surface area contributed by atoms with E-state index >= 15 is 0 Å². The second-order valence-corrected chi connectivity index (χ2v) is 5.14. The van der Waals surface area contributed by atoms with Gasteiger partial charge < -0.3 is 15.2 Å². The molecule has 18 heavy (non-hydrogen) atoms. The molecule has 1 atom stereocenters. The third-order valence-corrected chi connectivity index (χ3v) is 3.98. The first-order valence-corrected chi connectivity index (χ1v) is 6.78. The Morgan fingerprint density at radius 1 is 1.44 bits per heavy atom. The van der Waals surface area contributed by atoms with Gasteiger partial charge in [0.2, 0.25) is 0 Å². The van der Waals surface area contributed by atoms with E-state index in [2.05, 4.69) is 0 Å². The summed E-state index contributed by atoms with van der Waals surface area (Å²) < 4.78 is 1.97. The molecule has 2 N–H and O–H groups in total. The molecule has 1 fully saturated rings. The Bertz CT molecular complexity index is 423. The number of carbonyl (C=O) groups is 1. The van der Waals surface area contributed by atoms with Crippen LogP contribution < -0.4 is 5.73 Å². The SMILES string of the molecule is Cc1ccc(C(=O)N2CCCCC2CCN)n1C. The molecule has 1 saturated heterocycles. The van der Waals surface area contributed by atoms with Crippen molar-refractivity contribution in [2.45, 2.75) is 38.6 Å². The van der Waals surface area contributed by atoms with Gasteiger partial charge in [0.15, 0.2) is 0 Å². The Kier molecular flexibility index (Phi) is 4.07. The second-order valence-electron chi connectivity index (χ2n) is 5.14. The molecule has 2 heterocycles. The van der Waals surface area contributed by atoms with Crippen LogP contribution in [0.25, 0.3) is 0 Å². The average molecular weight is 249 g/mol. The number of amides is 1. The topological polar surface area (TPSA) is 51.3 Å². The van der Waals surface area contributed by atoms with E-state index in [1.807, 2.05) is 35.6 Å². The lowest BCUT2D eigenvalue weighted by molar-refractivity contribution is 0.0595. The van der Waals surface area contributed by atoms with Crippen molar-refractivity contribution < 1.29 is 4.79 Å². The zero-order chi connectivity index (χ0) is 13.1. The molecule has 0 radical (unpaired) electrons. The molecule has 1 amide bonds. The molecular weight excluding hydrogens is 226 g/mol. The quantitative estimate of drug-likeness (QED) is 0.886. The van der Waals surface area contributed by atoms with Crippen molar-refractivity contribution in [1.29, 1.82) is 0 Å². The fraction of sp³-hybridized carbons (Fsp3) is 0.643. The lowest BCUT2D eigenvalue weighted by atomic mass is 9.99. The largest absolute Gasteiger partial charge is 0.344 e. The Labute approximate surface area is 109 Å². The van der Waals surface area contributed by atoms with Crippen LogP contribution in [0, 0.1) is 6.92 Å². The predicted octanol–water partition coefficient (Wildman–Crippen LogP) is 1.68. The second kappa shape index (κ2) is 5.57. The Balaban J connectivity index is 2.18. The van der Waals surface area contributed by atoms with Gasteiger partial charge in [0.05, 0.1) is 0 Å². The van der Waals surface area contributed by atoms with Crippen molar-refractivity contribution in [3.63, 3.8) is 0 Å². The van der Waals surface area contributed by atoms with Gasteiger partial charge in [0.25, 0.3) is 5.91 Å². The standard InChI is InChI=1S/C14H23N3O/c1-11-6-7-13(16(11)2)14(18)17-10-4-3-5-12(17)8-9-15/h6-7,12H,3-5,8-10,15H2,1-2H3. The Hall–Kier alpha value is -1.29. The van der Waals surface area contributed by atoms with E-state index in [0.717, 1.165) is 37.2 Å². The fourth-order valence-corrected chi connectivity index (χ4v) is 2.74. The number of nitrogens with two attached hydrogens (primary N) is 1. The van der Waals surface area contributed by atoms with E-state index in [0.29, 0.717) is 12.6 Å². The number of hydrogen-bond donors (Lipinski definition) is 1. The molecule has 0 aromatic carbocycles. The molecule has 0 spiro atoms. The summed E-state index contributed by atoms with van der Waals surface area (Å²) in [6, 6.07) is 4.24. The van der Waals surface area contributed by atoms with E-state index in [1.165, 1.54) is 6.42 Å². The minimum absolute atomic E-state index is 0.156. The normalized spacial score (nSPS) is 20.2. The van der Waals surface area contributed by atoms with Crippen molar-refractivity contribution in [3.05, 3.63) is 23.5 Å². The molecule has 4 heteroatoms. The molecule has 0 bridgehead atoms. The van der Waals surface area contributed by atoms with Crippen LogP contribution in [0.2, 0.25) is 0 Å². The highest BCUT2D eigenvalue weighted by molar-refractivity contribution is 5.93. The Morgan fingerprint density at radius 2 is 2.22 bits per heavy atom. The molecule has 0 aliphatic carbocycles. The fourth-order valence-electron chi connectivity index (χ4n) is 2.74. The smallest absolute Gasteiger partial charge is 0.270 e. The van der Waals surface area contributed by atoms with Crippen molar-refractivity contribution in [2.75, 3.05) is 13.1 Å². The van der Waals surface area contributed by atoms with Crippen molar-refractivity contribution >= 4 is 5.91 Å². The first kappa shape index (κ1) is 13.1. The molecule has 2 rings (SSSR count). The van der Waals surface area contributed by atoms with Crippen LogP contribution in [0.1, 0.15) is 41.9 Å². The number of aryl methyl sites for hydroxylation is 1. The minimum atomic E-state index is 0.156. The maximum absolute atomic E-state index is 12.6. The maximum Gasteiger partial charge on any atom is 0.270 e. The van der Waals surface area contributed by atoms with E-state index in [4.69, 9.17) is 5.73 Å². The third-order valence-electron chi connectivity index (χ3n) is 3.98. The highest BCUT2D eigenvalue weighted by Crippen LogP contribution is 2.22. The summed E-state index contributed by atoms with van der Waals surface area (Å²) in [6.07, 6.45) is 4.32. The molecule has 1 unspecified atom stereocenters. The van der Waals surface area contributed by atoms with Crippen molar-refractivity contribution in [3.8, 4) is 0 Å². The van der Waals surface area contributed by atoms with Gasteiger partial charge in [-0.05, 0) is 51.3 Å². The summed E-state index contributed by atoms with van der Waals surface area (Å²) in [6.45, 7) is 3.54.